The number of carbonyl (C=O) groups is 1. The van der Waals surface area contributed by atoms with Gasteiger partial charge in [0.1, 0.15) is 0 Å². The first kappa shape index (κ1) is 33.0. The van der Waals surface area contributed by atoms with Crippen molar-refractivity contribution in [2.24, 2.45) is 0 Å². The molecule has 0 aliphatic heterocycles. The van der Waals surface area contributed by atoms with Gasteiger partial charge in [-0.15, -0.1) is 0 Å². The molecule has 0 unspecified atom stereocenters. The molecule has 214 valence electrons. The summed E-state index contributed by atoms with van der Waals surface area (Å²) in [5, 5.41) is 2.83. The van der Waals surface area contributed by atoms with Crippen molar-refractivity contribution in [3.63, 3.8) is 0 Å². The van der Waals surface area contributed by atoms with Crippen LogP contribution >= 0.6 is 11.3 Å². The van der Waals surface area contributed by atoms with Gasteiger partial charge in [0.25, 0.3) is 5.91 Å². The zero-order valence-electron chi connectivity index (χ0n) is 23.5. The van der Waals surface area contributed by atoms with Gasteiger partial charge >= 0.3 is 0 Å². The van der Waals surface area contributed by atoms with Crippen LogP contribution < -0.4 is 31.6 Å². The number of anilines is 1. The van der Waals surface area contributed by atoms with Gasteiger partial charge in [-0.05, 0) is 31.5 Å². The molecule has 7 heteroatoms. The lowest BCUT2D eigenvalue weighted by Crippen LogP contribution is -3.00. The molecule has 3 rings (SSSR count). The van der Waals surface area contributed by atoms with Crippen molar-refractivity contribution in [2.45, 2.75) is 97.4 Å². The molecule has 0 atom stereocenters. The number of unbranched alkanes of at least 4 members (excludes halogenated alkanes) is 11. The number of carbonyl (C=O) groups excluding carboxylic acids is 1. The monoisotopic (exact) mass is 618 g/mol. The molecule has 1 aromatic heterocycles. The van der Waals surface area contributed by atoms with Gasteiger partial charge in [-0.1, -0.05) is 107 Å². The molecule has 0 spiro atoms. The summed E-state index contributed by atoms with van der Waals surface area (Å²) in [4.78, 5) is 14.2. The van der Waals surface area contributed by atoms with Crippen LogP contribution in [0.25, 0.3) is 0 Å². The Kier molecular flexibility index (Phi) is 16.0. The van der Waals surface area contributed by atoms with Gasteiger partial charge in [0.15, 0.2) is 24.3 Å². The van der Waals surface area contributed by atoms with Gasteiger partial charge in [0, 0.05) is 22.9 Å². The molecule has 1 N–H and O–H groups in total. The predicted octanol–water partition coefficient (Wildman–Crippen LogP) is 5.87. The number of aryl methyl sites for hydroxylation is 1. The third-order valence-electron chi connectivity index (χ3n) is 6.78. The van der Waals surface area contributed by atoms with E-state index in [0.29, 0.717) is 24.4 Å². The van der Waals surface area contributed by atoms with Crippen molar-refractivity contribution in [1.82, 2.24) is 0 Å². The minimum atomic E-state index is -0.459. The molecule has 0 bridgehead atoms. The maximum absolute atomic E-state index is 14.6. The zero-order chi connectivity index (χ0) is 27.0. The number of rotatable bonds is 18. The fourth-order valence-corrected chi connectivity index (χ4v) is 5.26. The number of ether oxygens (including phenoxy) is 1. The van der Waals surface area contributed by atoms with E-state index in [1.165, 1.54) is 75.2 Å². The molecular formula is C32H44BrFN2O2S. The van der Waals surface area contributed by atoms with Crippen molar-refractivity contribution in [1.29, 1.82) is 0 Å². The number of aromatic nitrogens is 1. The van der Waals surface area contributed by atoms with E-state index < -0.39 is 5.82 Å². The summed E-state index contributed by atoms with van der Waals surface area (Å²) in [5.74, 6) is -0.479. The van der Waals surface area contributed by atoms with Gasteiger partial charge in [-0.2, -0.15) is 4.57 Å². The highest BCUT2D eigenvalue weighted by Gasteiger charge is 2.16. The van der Waals surface area contributed by atoms with Crippen molar-refractivity contribution in [3.8, 4) is 5.75 Å². The van der Waals surface area contributed by atoms with Crippen LogP contribution in [0, 0.1) is 12.7 Å². The first-order valence-corrected chi connectivity index (χ1v) is 15.2. The van der Waals surface area contributed by atoms with Gasteiger partial charge in [-0.3, -0.25) is 4.79 Å². The Balaban J connectivity index is 0.00000533. The molecular weight excluding hydrogens is 575 g/mol. The maximum Gasteiger partial charge on any atom is 0.256 e. The van der Waals surface area contributed by atoms with E-state index in [0.717, 1.165) is 18.4 Å². The molecule has 4 nitrogen and oxygen atoms in total. The molecule has 2 aromatic carbocycles. The third kappa shape index (κ3) is 12.2. The Bertz CT molecular complexity index is 1120. The van der Waals surface area contributed by atoms with E-state index >= 15 is 0 Å². The van der Waals surface area contributed by atoms with E-state index in [4.69, 9.17) is 4.74 Å². The summed E-state index contributed by atoms with van der Waals surface area (Å²) in [5.41, 5.74) is 3.95. The van der Waals surface area contributed by atoms with Gasteiger partial charge in [0.05, 0.1) is 11.5 Å². The second-order valence-electron chi connectivity index (χ2n) is 10.1. The first-order chi connectivity index (χ1) is 18.6. The minimum Gasteiger partial charge on any atom is -1.00 e. The van der Waals surface area contributed by atoms with Crippen LogP contribution in [-0.2, 0) is 6.54 Å². The minimum absolute atomic E-state index is 0. The molecule has 0 aliphatic carbocycles. The second-order valence-corrected chi connectivity index (χ2v) is 11.2. The highest BCUT2D eigenvalue weighted by molar-refractivity contribution is 7.09. The summed E-state index contributed by atoms with van der Waals surface area (Å²) in [6.07, 6.45) is 17.4. The van der Waals surface area contributed by atoms with Crippen LogP contribution in [0.5, 0.6) is 5.75 Å². The van der Waals surface area contributed by atoms with E-state index in [9.17, 15) is 9.18 Å². The smallest absolute Gasteiger partial charge is 0.256 e. The Labute approximate surface area is 248 Å². The Morgan fingerprint density at radius 1 is 0.923 bits per heavy atom. The average Bonchev–Trinajstić information content (AvgIpc) is 3.32. The molecule has 39 heavy (non-hydrogen) atoms. The number of amides is 1. The Morgan fingerprint density at radius 2 is 1.56 bits per heavy atom. The van der Waals surface area contributed by atoms with Crippen LogP contribution in [0.3, 0.4) is 0 Å². The Hall–Kier alpha value is -2.25. The van der Waals surface area contributed by atoms with E-state index in [2.05, 4.69) is 29.9 Å². The molecule has 3 aromatic rings. The van der Waals surface area contributed by atoms with Gasteiger partial charge in [-0.25, -0.2) is 4.39 Å². The van der Waals surface area contributed by atoms with Gasteiger partial charge in [0.2, 0.25) is 5.51 Å². The number of halogens is 2. The van der Waals surface area contributed by atoms with E-state index in [1.54, 1.807) is 29.5 Å². The zero-order valence-corrected chi connectivity index (χ0v) is 25.9. The van der Waals surface area contributed by atoms with Crippen LogP contribution in [0.2, 0.25) is 0 Å². The van der Waals surface area contributed by atoms with Gasteiger partial charge < -0.3 is 27.0 Å². The molecule has 0 saturated carbocycles. The predicted molar refractivity (Wildman–Crippen MR) is 156 cm³/mol. The molecule has 1 heterocycles. The number of hydrogen-bond donors (Lipinski definition) is 1. The normalized spacial score (nSPS) is 10.7. The molecule has 0 saturated heterocycles. The summed E-state index contributed by atoms with van der Waals surface area (Å²) in [6.45, 7) is 5.43. The summed E-state index contributed by atoms with van der Waals surface area (Å²) < 4.78 is 22.4. The fraction of sp³-hybridized carbons (Fsp3) is 0.500. The van der Waals surface area contributed by atoms with Crippen LogP contribution in [0.15, 0.2) is 54.2 Å². The second kappa shape index (κ2) is 18.9. The van der Waals surface area contributed by atoms with E-state index in [1.807, 2.05) is 23.7 Å². The number of benzene rings is 2. The van der Waals surface area contributed by atoms with Crippen LogP contribution in [0.4, 0.5) is 10.1 Å². The number of nitrogens with zero attached hydrogens (tertiary/aromatic N) is 1. The first-order valence-electron chi connectivity index (χ1n) is 14.3. The lowest BCUT2D eigenvalue weighted by atomic mass is 10.1. The lowest BCUT2D eigenvalue weighted by molar-refractivity contribution is -0.683. The summed E-state index contributed by atoms with van der Waals surface area (Å²) in [6, 6.07) is 12.1. The molecule has 0 radical (unpaired) electrons. The molecule has 0 fully saturated rings. The van der Waals surface area contributed by atoms with Crippen molar-refractivity contribution in [3.05, 3.63) is 76.0 Å². The molecule has 1 amide bonds. The van der Waals surface area contributed by atoms with Crippen LogP contribution in [-0.4, -0.2) is 12.5 Å². The third-order valence-corrected chi connectivity index (χ3v) is 7.64. The Morgan fingerprint density at radius 3 is 2.18 bits per heavy atom. The van der Waals surface area contributed by atoms with E-state index in [-0.39, 0.29) is 28.6 Å². The average molecular weight is 620 g/mol. The van der Waals surface area contributed by atoms with Crippen LogP contribution in [0.1, 0.15) is 105 Å². The molecule has 0 aliphatic rings. The quantitative estimate of drug-likeness (QED) is 0.143. The van der Waals surface area contributed by atoms with Crippen molar-refractivity contribution < 1.29 is 35.5 Å². The number of hydrogen-bond acceptors (Lipinski definition) is 3. The topological polar surface area (TPSA) is 42.2 Å². The summed E-state index contributed by atoms with van der Waals surface area (Å²) in [7, 11) is 0. The lowest BCUT2D eigenvalue weighted by Gasteiger charge is -2.11. The summed E-state index contributed by atoms with van der Waals surface area (Å²) >= 11 is 1.67. The maximum atomic E-state index is 14.6. The highest BCUT2D eigenvalue weighted by Crippen LogP contribution is 2.23. The highest BCUT2D eigenvalue weighted by atomic mass is 79.9. The standard InChI is InChI=1S/C32H43FN2O2S.BrH/c1-3-4-5-6-7-8-9-10-11-12-13-16-21-37-31-20-19-28(22-30(31)33)34-32(36)29-18-15-14-17-27(29)24-35-23-26(2)38-25-35;/h14-15,17-20,22-23,25H,3-13,16,21,24H2,1-2H3;1H. The fourth-order valence-electron chi connectivity index (χ4n) is 4.62. The number of thiazole rings is 1. The number of nitrogens with one attached hydrogen (secondary N) is 1. The van der Waals surface area contributed by atoms with Crippen molar-refractivity contribution >= 4 is 22.9 Å². The SMILES string of the molecule is CCCCCCCCCCCCCCOc1ccc(NC(=O)c2ccccc2C[n+]2csc(C)c2)cc1F.[Br-]. The van der Waals surface area contributed by atoms with Crippen molar-refractivity contribution in [2.75, 3.05) is 11.9 Å². The largest absolute Gasteiger partial charge is 1.00 e.